The topological polar surface area (TPSA) is 41.3 Å². The Hall–Kier alpha value is -0.610. The van der Waals surface area contributed by atoms with Crippen LogP contribution in [-0.4, -0.2) is 50.7 Å². The summed E-state index contributed by atoms with van der Waals surface area (Å²) in [4.78, 5) is 13.1. The Morgan fingerprint density at radius 1 is 1.46 bits per heavy atom. The average Bonchev–Trinajstić information content (AvgIpc) is 2.94. The van der Waals surface area contributed by atoms with Gasteiger partial charge in [0, 0.05) is 19.6 Å². The van der Waals surface area contributed by atoms with Crippen molar-refractivity contribution in [1.29, 1.82) is 0 Å². The largest absolute Gasteiger partial charge is 0.469 e. The summed E-state index contributed by atoms with van der Waals surface area (Å²) in [6, 6.07) is 0. The van der Waals surface area contributed by atoms with Crippen molar-refractivity contribution in [1.82, 2.24) is 10.2 Å². The summed E-state index contributed by atoms with van der Waals surface area (Å²) in [7, 11) is 1.42. The van der Waals surface area contributed by atoms with Gasteiger partial charge in [-0.05, 0) is 19.5 Å². The Kier molecular flexibility index (Phi) is 4.78. The van der Waals surface area contributed by atoms with E-state index in [1.165, 1.54) is 33.2 Å². The van der Waals surface area contributed by atoms with Gasteiger partial charge in [0.05, 0.1) is 13.5 Å². The summed E-state index contributed by atoms with van der Waals surface area (Å²) in [5, 5.41) is 3.21. The summed E-state index contributed by atoms with van der Waals surface area (Å²) in [6.07, 6.45) is 1.64. The van der Waals surface area contributed by atoms with Crippen molar-refractivity contribution in [3.63, 3.8) is 0 Å². The SMILES string of the molecule is COC(=O)CCNCCCN1CC1. The van der Waals surface area contributed by atoms with Gasteiger partial charge in [0.1, 0.15) is 0 Å². The number of nitrogens with zero attached hydrogens (tertiary/aromatic N) is 1. The summed E-state index contributed by atoms with van der Waals surface area (Å²) < 4.78 is 4.52. The second-order valence-corrected chi connectivity index (χ2v) is 3.27. The molecule has 1 rings (SSSR count). The van der Waals surface area contributed by atoms with E-state index in [1.807, 2.05) is 0 Å². The molecule has 1 heterocycles. The third kappa shape index (κ3) is 5.60. The molecule has 0 unspecified atom stereocenters. The van der Waals surface area contributed by atoms with Crippen LogP contribution in [0.1, 0.15) is 12.8 Å². The molecule has 0 bridgehead atoms. The predicted molar refractivity (Wildman–Crippen MR) is 50.6 cm³/mol. The number of hydrogen-bond acceptors (Lipinski definition) is 4. The zero-order valence-electron chi connectivity index (χ0n) is 8.21. The van der Waals surface area contributed by atoms with Crippen molar-refractivity contribution in [3.05, 3.63) is 0 Å². The summed E-state index contributed by atoms with van der Waals surface area (Å²) in [5.74, 6) is -0.140. The predicted octanol–water partition coefficient (Wildman–Crippen LogP) is -0.155. The number of esters is 1. The number of hydrogen-bond donors (Lipinski definition) is 1. The van der Waals surface area contributed by atoms with Crippen molar-refractivity contribution in [2.75, 3.05) is 39.8 Å². The van der Waals surface area contributed by atoms with Crippen LogP contribution in [0.15, 0.2) is 0 Å². The Bertz CT molecular complexity index is 158. The molecule has 0 aromatic heterocycles. The quantitative estimate of drug-likeness (QED) is 0.341. The summed E-state index contributed by atoms with van der Waals surface area (Å²) in [5.41, 5.74) is 0. The van der Waals surface area contributed by atoms with E-state index in [1.54, 1.807) is 0 Å². The number of carbonyl (C=O) groups is 1. The molecular formula is C9H18N2O2. The fourth-order valence-corrected chi connectivity index (χ4v) is 1.14. The minimum Gasteiger partial charge on any atom is -0.469 e. The van der Waals surface area contributed by atoms with E-state index in [4.69, 9.17) is 0 Å². The zero-order valence-corrected chi connectivity index (χ0v) is 8.21. The molecule has 13 heavy (non-hydrogen) atoms. The maximum atomic E-state index is 10.7. The molecule has 0 radical (unpaired) electrons. The van der Waals surface area contributed by atoms with Crippen LogP contribution < -0.4 is 5.32 Å². The Balaban J connectivity index is 1.75. The number of carbonyl (C=O) groups excluding carboxylic acids is 1. The van der Waals surface area contributed by atoms with Gasteiger partial charge in [-0.25, -0.2) is 0 Å². The van der Waals surface area contributed by atoms with Crippen LogP contribution in [0.3, 0.4) is 0 Å². The molecule has 76 valence electrons. The molecule has 1 fully saturated rings. The first-order chi connectivity index (χ1) is 6.33. The summed E-state index contributed by atoms with van der Waals surface area (Å²) >= 11 is 0. The van der Waals surface area contributed by atoms with Gasteiger partial charge in [0.2, 0.25) is 0 Å². The second kappa shape index (κ2) is 5.94. The molecule has 4 nitrogen and oxygen atoms in total. The molecular weight excluding hydrogens is 168 g/mol. The molecule has 1 N–H and O–H groups in total. The van der Waals surface area contributed by atoms with Gasteiger partial charge in [0.15, 0.2) is 0 Å². The van der Waals surface area contributed by atoms with Gasteiger partial charge in [-0.2, -0.15) is 0 Å². The highest BCUT2D eigenvalue weighted by atomic mass is 16.5. The van der Waals surface area contributed by atoms with E-state index in [0.29, 0.717) is 6.42 Å². The molecule has 0 aromatic rings. The fourth-order valence-electron chi connectivity index (χ4n) is 1.14. The van der Waals surface area contributed by atoms with Crippen molar-refractivity contribution in [2.45, 2.75) is 12.8 Å². The van der Waals surface area contributed by atoms with Gasteiger partial charge in [0.25, 0.3) is 0 Å². The van der Waals surface area contributed by atoms with Gasteiger partial charge >= 0.3 is 5.97 Å². The smallest absolute Gasteiger partial charge is 0.306 e. The lowest BCUT2D eigenvalue weighted by Crippen LogP contribution is -2.21. The van der Waals surface area contributed by atoms with Gasteiger partial charge in [-0.1, -0.05) is 0 Å². The molecule has 1 aliphatic heterocycles. The second-order valence-electron chi connectivity index (χ2n) is 3.27. The van der Waals surface area contributed by atoms with Crippen LogP contribution in [0.25, 0.3) is 0 Å². The van der Waals surface area contributed by atoms with Crippen molar-refractivity contribution in [3.8, 4) is 0 Å². The molecule has 0 amide bonds. The van der Waals surface area contributed by atoms with E-state index in [0.717, 1.165) is 13.1 Å². The average molecular weight is 186 g/mol. The first kappa shape index (κ1) is 10.5. The van der Waals surface area contributed by atoms with E-state index < -0.39 is 0 Å². The Morgan fingerprint density at radius 3 is 2.85 bits per heavy atom. The molecule has 0 spiro atoms. The van der Waals surface area contributed by atoms with E-state index in [-0.39, 0.29) is 5.97 Å². The van der Waals surface area contributed by atoms with Crippen LogP contribution in [0.2, 0.25) is 0 Å². The standard InChI is InChI=1S/C9H18N2O2/c1-13-9(12)3-5-10-4-2-6-11-7-8-11/h10H,2-8H2,1H3. The number of methoxy groups -OCH3 is 1. The van der Waals surface area contributed by atoms with Gasteiger partial charge in [-0.3, -0.25) is 4.79 Å². The number of rotatable bonds is 7. The Labute approximate surface area is 79.2 Å². The lowest BCUT2D eigenvalue weighted by atomic mass is 10.4. The molecule has 0 saturated carbocycles. The van der Waals surface area contributed by atoms with Crippen LogP contribution in [0.5, 0.6) is 0 Å². The molecule has 0 aliphatic carbocycles. The molecule has 0 atom stereocenters. The molecule has 4 heteroatoms. The summed E-state index contributed by atoms with van der Waals surface area (Å²) in [6.45, 7) is 5.44. The third-order valence-electron chi connectivity index (χ3n) is 2.10. The minimum atomic E-state index is -0.140. The number of ether oxygens (including phenoxy) is 1. The third-order valence-corrected chi connectivity index (χ3v) is 2.10. The van der Waals surface area contributed by atoms with E-state index >= 15 is 0 Å². The van der Waals surface area contributed by atoms with Crippen LogP contribution in [0, 0.1) is 0 Å². The maximum Gasteiger partial charge on any atom is 0.306 e. The number of nitrogens with one attached hydrogen (secondary N) is 1. The molecule has 1 aliphatic rings. The van der Waals surface area contributed by atoms with Crippen LogP contribution in [0.4, 0.5) is 0 Å². The lowest BCUT2D eigenvalue weighted by Gasteiger charge is -2.03. The van der Waals surface area contributed by atoms with Crippen LogP contribution in [-0.2, 0) is 9.53 Å². The molecule has 0 aromatic carbocycles. The molecule has 1 saturated heterocycles. The first-order valence-corrected chi connectivity index (χ1v) is 4.83. The van der Waals surface area contributed by atoms with Crippen molar-refractivity contribution >= 4 is 5.97 Å². The van der Waals surface area contributed by atoms with Crippen molar-refractivity contribution in [2.24, 2.45) is 0 Å². The highest BCUT2D eigenvalue weighted by Gasteiger charge is 2.14. The van der Waals surface area contributed by atoms with Gasteiger partial charge < -0.3 is 15.0 Å². The maximum absolute atomic E-state index is 10.7. The fraction of sp³-hybridized carbons (Fsp3) is 0.889. The van der Waals surface area contributed by atoms with E-state index in [9.17, 15) is 4.79 Å². The minimum absolute atomic E-state index is 0.140. The van der Waals surface area contributed by atoms with E-state index in [2.05, 4.69) is 15.0 Å². The zero-order chi connectivity index (χ0) is 9.52. The Morgan fingerprint density at radius 2 is 2.23 bits per heavy atom. The van der Waals surface area contributed by atoms with Crippen molar-refractivity contribution < 1.29 is 9.53 Å². The van der Waals surface area contributed by atoms with Gasteiger partial charge in [-0.15, -0.1) is 0 Å². The highest BCUT2D eigenvalue weighted by molar-refractivity contribution is 5.69. The van der Waals surface area contributed by atoms with Crippen LogP contribution >= 0.6 is 0 Å². The monoisotopic (exact) mass is 186 g/mol. The lowest BCUT2D eigenvalue weighted by molar-refractivity contribution is -0.140. The normalized spacial score (nSPS) is 15.8. The first-order valence-electron chi connectivity index (χ1n) is 4.83. The highest BCUT2D eigenvalue weighted by Crippen LogP contribution is 2.02.